The lowest BCUT2D eigenvalue weighted by molar-refractivity contribution is -0.113. The van der Waals surface area contributed by atoms with Gasteiger partial charge in [0.05, 0.1) is 10.6 Å². The number of aryl methyl sites for hydroxylation is 1. The molecule has 0 fully saturated rings. The molecule has 4 rings (SSSR count). The van der Waals surface area contributed by atoms with Gasteiger partial charge in [0.1, 0.15) is 0 Å². The highest BCUT2D eigenvalue weighted by Gasteiger charge is 2.14. The van der Waals surface area contributed by atoms with Crippen LogP contribution in [0.3, 0.4) is 0 Å². The molecule has 32 heavy (non-hydrogen) atoms. The zero-order chi connectivity index (χ0) is 22.6. The molecule has 0 saturated carbocycles. The molecule has 4 aromatic carbocycles. The molecular formula is C25H22N2O3S2. The third-order valence-electron chi connectivity index (χ3n) is 4.87. The minimum Gasteiger partial charge on any atom is -0.325 e. The summed E-state index contributed by atoms with van der Waals surface area (Å²) >= 11 is 1.39. The molecule has 0 unspecified atom stereocenters. The van der Waals surface area contributed by atoms with Gasteiger partial charge in [-0.2, -0.15) is 0 Å². The van der Waals surface area contributed by atoms with Gasteiger partial charge in [0.25, 0.3) is 10.0 Å². The van der Waals surface area contributed by atoms with Gasteiger partial charge in [-0.1, -0.05) is 54.1 Å². The van der Waals surface area contributed by atoms with E-state index in [0.29, 0.717) is 5.69 Å². The molecule has 7 heteroatoms. The highest BCUT2D eigenvalue weighted by molar-refractivity contribution is 8.00. The Bertz CT molecular complexity index is 1350. The Labute approximate surface area is 191 Å². The minimum atomic E-state index is -3.64. The van der Waals surface area contributed by atoms with Crippen LogP contribution in [0.4, 0.5) is 11.4 Å². The summed E-state index contributed by atoms with van der Waals surface area (Å²) in [5, 5.41) is 5.04. The second-order valence-electron chi connectivity index (χ2n) is 7.31. The molecule has 0 aliphatic carbocycles. The summed E-state index contributed by atoms with van der Waals surface area (Å²) in [5.41, 5.74) is 2.25. The molecule has 4 aromatic rings. The van der Waals surface area contributed by atoms with E-state index in [9.17, 15) is 13.2 Å². The van der Waals surface area contributed by atoms with E-state index in [0.717, 1.165) is 26.9 Å². The number of hydrogen-bond acceptors (Lipinski definition) is 4. The second-order valence-corrected chi connectivity index (χ2v) is 10.0. The number of nitrogens with one attached hydrogen (secondary N) is 2. The Hall–Kier alpha value is -3.29. The third kappa shape index (κ3) is 5.30. The number of fused-ring (bicyclic) bond motifs is 1. The molecule has 1 amide bonds. The quantitative estimate of drug-likeness (QED) is 0.347. The number of sulfonamides is 1. The van der Waals surface area contributed by atoms with Crippen molar-refractivity contribution in [2.45, 2.75) is 16.7 Å². The number of carbonyl (C=O) groups excluding carboxylic acids is 1. The normalized spacial score (nSPS) is 11.3. The van der Waals surface area contributed by atoms with E-state index < -0.39 is 10.0 Å². The van der Waals surface area contributed by atoms with E-state index in [1.165, 1.54) is 11.8 Å². The van der Waals surface area contributed by atoms with Gasteiger partial charge in [0.15, 0.2) is 0 Å². The lowest BCUT2D eigenvalue weighted by atomic mass is 10.1. The Morgan fingerprint density at radius 1 is 0.844 bits per heavy atom. The van der Waals surface area contributed by atoms with Crippen molar-refractivity contribution < 1.29 is 13.2 Å². The van der Waals surface area contributed by atoms with Gasteiger partial charge in [-0.05, 0) is 54.8 Å². The van der Waals surface area contributed by atoms with Crippen molar-refractivity contribution in [3.63, 3.8) is 0 Å². The van der Waals surface area contributed by atoms with Crippen molar-refractivity contribution in [2.24, 2.45) is 0 Å². The van der Waals surface area contributed by atoms with Gasteiger partial charge in [-0.25, -0.2) is 8.42 Å². The van der Waals surface area contributed by atoms with E-state index in [1.54, 1.807) is 48.5 Å². The maximum absolute atomic E-state index is 12.5. The first-order chi connectivity index (χ1) is 15.4. The largest absolute Gasteiger partial charge is 0.325 e. The summed E-state index contributed by atoms with van der Waals surface area (Å²) in [6.07, 6.45) is 0. The topological polar surface area (TPSA) is 75.3 Å². The lowest BCUT2D eigenvalue weighted by Gasteiger charge is -2.10. The monoisotopic (exact) mass is 462 g/mol. The number of hydrogen-bond donors (Lipinski definition) is 2. The van der Waals surface area contributed by atoms with Crippen molar-refractivity contribution in [3.05, 3.63) is 96.6 Å². The average molecular weight is 463 g/mol. The van der Waals surface area contributed by atoms with Crippen LogP contribution in [0.1, 0.15) is 5.56 Å². The maximum atomic E-state index is 12.5. The third-order valence-corrected chi connectivity index (χ3v) is 7.28. The molecule has 2 N–H and O–H groups in total. The fourth-order valence-corrected chi connectivity index (χ4v) is 4.98. The van der Waals surface area contributed by atoms with Gasteiger partial charge >= 0.3 is 0 Å². The summed E-state index contributed by atoms with van der Waals surface area (Å²) in [5.74, 6) is 0.146. The van der Waals surface area contributed by atoms with E-state index >= 15 is 0 Å². The van der Waals surface area contributed by atoms with E-state index in [1.807, 2.05) is 49.4 Å². The molecule has 0 aromatic heterocycles. The summed E-state index contributed by atoms with van der Waals surface area (Å²) in [6, 6.07) is 27.4. The van der Waals surface area contributed by atoms with Gasteiger partial charge in [-0.3, -0.25) is 9.52 Å². The number of benzene rings is 4. The summed E-state index contributed by atoms with van der Waals surface area (Å²) in [7, 11) is -3.64. The van der Waals surface area contributed by atoms with Crippen LogP contribution >= 0.6 is 11.8 Å². The number of thioether (sulfide) groups is 1. The predicted octanol–water partition coefficient (Wildman–Crippen LogP) is 5.68. The number of carbonyl (C=O) groups is 1. The summed E-state index contributed by atoms with van der Waals surface area (Å²) in [6.45, 7) is 1.91. The van der Waals surface area contributed by atoms with Crippen LogP contribution in [-0.2, 0) is 14.8 Å². The van der Waals surface area contributed by atoms with Crippen LogP contribution in [-0.4, -0.2) is 20.1 Å². The first kappa shape index (κ1) is 21.9. The Kier molecular flexibility index (Phi) is 6.48. The van der Waals surface area contributed by atoms with E-state index in [2.05, 4.69) is 10.0 Å². The smallest absolute Gasteiger partial charge is 0.261 e. The highest BCUT2D eigenvalue weighted by Crippen LogP contribution is 2.25. The van der Waals surface area contributed by atoms with Gasteiger partial charge < -0.3 is 5.32 Å². The maximum Gasteiger partial charge on any atom is 0.261 e. The van der Waals surface area contributed by atoms with Crippen LogP contribution in [0.25, 0.3) is 10.8 Å². The van der Waals surface area contributed by atoms with E-state index in [4.69, 9.17) is 0 Å². The van der Waals surface area contributed by atoms with Crippen molar-refractivity contribution in [2.75, 3.05) is 15.8 Å². The number of anilines is 2. The second kappa shape index (κ2) is 9.46. The van der Waals surface area contributed by atoms with Crippen molar-refractivity contribution in [1.29, 1.82) is 0 Å². The highest BCUT2D eigenvalue weighted by atomic mass is 32.2. The molecular weight excluding hydrogens is 440 g/mol. The van der Waals surface area contributed by atoms with Crippen LogP contribution in [0, 0.1) is 6.92 Å². The lowest BCUT2D eigenvalue weighted by Crippen LogP contribution is -2.14. The fraction of sp³-hybridized carbons (Fsp3) is 0.0800. The Balaban J connectivity index is 1.35. The molecule has 0 saturated heterocycles. The number of amides is 1. The molecule has 5 nitrogen and oxygen atoms in total. The first-order valence-corrected chi connectivity index (χ1v) is 12.5. The van der Waals surface area contributed by atoms with Crippen LogP contribution < -0.4 is 10.0 Å². The summed E-state index contributed by atoms with van der Waals surface area (Å²) in [4.78, 5) is 13.5. The fourth-order valence-electron chi connectivity index (χ4n) is 3.22. The van der Waals surface area contributed by atoms with Crippen molar-refractivity contribution in [1.82, 2.24) is 0 Å². The zero-order valence-corrected chi connectivity index (χ0v) is 19.0. The molecule has 0 atom stereocenters. The molecule has 0 bridgehead atoms. The summed E-state index contributed by atoms with van der Waals surface area (Å²) < 4.78 is 27.6. The van der Waals surface area contributed by atoms with Crippen LogP contribution in [0.15, 0.2) is 101 Å². The average Bonchev–Trinajstić information content (AvgIpc) is 2.79. The predicted molar refractivity (Wildman–Crippen MR) is 132 cm³/mol. The molecule has 162 valence electrons. The van der Waals surface area contributed by atoms with Gasteiger partial charge in [-0.15, -0.1) is 11.8 Å². The van der Waals surface area contributed by atoms with Crippen LogP contribution in [0.5, 0.6) is 0 Å². The molecule has 0 aliphatic heterocycles. The minimum absolute atomic E-state index is 0.101. The Morgan fingerprint density at radius 2 is 1.53 bits per heavy atom. The van der Waals surface area contributed by atoms with Gasteiger partial charge in [0, 0.05) is 21.7 Å². The van der Waals surface area contributed by atoms with Crippen molar-refractivity contribution >= 4 is 49.8 Å². The van der Waals surface area contributed by atoms with E-state index in [-0.39, 0.29) is 16.6 Å². The van der Waals surface area contributed by atoms with Crippen LogP contribution in [0.2, 0.25) is 0 Å². The first-order valence-electron chi connectivity index (χ1n) is 10.0. The number of rotatable bonds is 7. The standard InChI is InChI=1S/C25H22N2O3S2/c1-18-9-15-22(16-10-18)32(29,30)27-20-11-13-21(14-12-20)31-17-25(28)26-24-8-4-6-19-5-2-3-7-23(19)24/h2-16,27H,17H2,1H3,(H,26,28). The van der Waals surface area contributed by atoms with Crippen molar-refractivity contribution in [3.8, 4) is 0 Å². The molecule has 0 spiro atoms. The molecule has 0 heterocycles. The molecule has 0 aliphatic rings. The SMILES string of the molecule is Cc1ccc(S(=O)(=O)Nc2ccc(SCC(=O)Nc3cccc4ccccc34)cc2)cc1. The molecule has 0 radical (unpaired) electrons. The zero-order valence-electron chi connectivity index (χ0n) is 17.4. The Morgan fingerprint density at radius 3 is 2.28 bits per heavy atom. The van der Waals surface area contributed by atoms with Gasteiger partial charge in [0.2, 0.25) is 5.91 Å².